The Kier molecular flexibility index (Phi) is 4.89. The van der Waals surface area contributed by atoms with E-state index in [1.807, 2.05) is 37.3 Å². The lowest BCUT2D eigenvalue weighted by Gasteiger charge is -2.15. The van der Waals surface area contributed by atoms with E-state index < -0.39 is 10.0 Å². The van der Waals surface area contributed by atoms with Gasteiger partial charge in [-0.1, -0.05) is 30.3 Å². The molecule has 0 spiro atoms. The van der Waals surface area contributed by atoms with Crippen molar-refractivity contribution in [2.45, 2.75) is 24.4 Å². The number of hydrogen-bond acceptors (Lipinski definition) is 5. The van der Waals surface area contributed by atoms with Crippen molar-refractivity contribution in [1.82, 2.24) is 9.71 Å². The molecule has 7 heteroatoms. The van der Waals surface area contributed by atoms with E-state index >= 15 is 0 Å². The highest BCUT2D eigenvalue weighted by Gasteiger charge is 2.22. The number of hydrogen-bond donors (Lipinski definition) is 3. The summed E-state index contributed by atoms with van der Waals surface area (Å²) < 4.78 is 27.3. The van der Waals surface area contributed by atoms with Crippen LogP contribution in [-0.2, 0) is 16.4 Å². The first kappa shape index (κ1) is 15.4. The van der Waals surface area contributed by atoms with Crippen LogP contribution in [0.5, 0.6) is 0 Å². The topological polar surface area (TPSA) is 97.1 Å². The van der Waals surface area contributed by atoms with Gasteiger partial charge in [-0.15, -0.1) is 0 Å². The number of nitrogens with two attached hydrogens (primary N) is 1. The van der Waals surface area contributed by atoms with Gasteiger partial charge in [-0.05, 0) is 31.0 Å². The van der Waals surface area contributed by atoms with Gasteiger partial charge in [-0.2, -0.15) is 0 Å². The lowest BCUT2D eigenvalue weighted by molar-refractivity contribution is 0.556. The fourth-order valence-electron chi connectivity index (χ4n) is 2.04. The van der Waals surface area contributed by atoms with Gasteiger partial charge < -0.3 is 5.43 Å². The molecule has 4 N–H and O–H groups in total. The van der Waals surface area contributed by atoms with Gasteiger partial charge in [0, 0.05) is 12.2 Å². The summed E-state index contributed by atoms with van der Waals surface area (Å²) in [7, 11) is -3.73. The normalized spacial score (nSPS) is 12.9. The molecule has 0 saturated carbocycles. The number of rotatable bonds is 6. The van der Waals surface area contributed by atoms with Crippen LogP contribution in [0.3, 0.4) is 0 Å². The van der Waals surface area contributed by atoms with Crippen molar-refractivity contribution in [3.8, 4) is 0 Å². The van der Waals surface area contributed by atoms with Gasteiger partial charge in [0.15, 0.2) is 5.03 Å². The Labute approximate surface area is 124 Å². The second kappa shape index (κ2) is 6.66. The highest BCUT2D eigenvalue weighted by molar-refractivity contribution is 7.89. The molecule has 2 aromatic rings. The van der Waals surface area contributed by atoms with Crippen molar-refractivity contribution in [1.29, 1.82) is 0 Å². The van der Waals surface area contributed by atoms with E-state index in [2.05, 4.69) is 15.1 Å². The molecule has 6 nitrogen and oxygen atoms in total. The molecule has 0 aliphatic heterocycles. The molecule has 1 heterocycles. The molecule has 0 saturated heterocycles. The molecule has 0 amide bonds. The van der Waals surface area contributed by atoms with E-state index in [9.17, 15) is 8.42 Å². The molecule has 112 valence electrons. The van der Waals surface area contributed by atoms with E-state index in [0.717, 1.165) is 5.56 Å². The Balaban J connectivity index is 2.14. The Morgan fingerprint density at radius 1 is 1.19 bits per heavy atom. The number of anilines is 1. The third kappa shape index (κ3) is 4.01. The van der Waals surface area contributed by atoms with Gasteiger partial charge in [0.25, 0.3) is 10.0 Å². The molecule has 2 rings (SSSR count). The minimum absolute atomic E-state index is 0.104. The molecule has 1 unspecified atom stereocenters. The number of aromatic nitrogens is 1. The van der Waals surface area contributed by atoms with Gasteiger partial charge in [0.2, 0.25) is 0 Å². The first-order chi connectivity index (χ1) is 10.0. The molecule has 1 aromatic carbocycles. The third-order valence-electron chi connectivity index (χ3n) is 2.92. The fourth-order valence-corrected chi connectivity index (χ4v) is 3.39. The molecule has 1 aromatic heterocycles. The number of nitrogen functional groups attached to an aromatic ring is 1. The van der Waals surface area contributed by atoms with Gasteiger partial charge in [0.05, 0.1) is 5.69 Å². The smallest absolute Gasteiger partial charge is 0.260 e. The molecule has 0 fully saturated rings. The summed E-state index contributed by atoms with van der Waals surface area (Å²) in [6, 6.07) is 12.6. The molecule has 0 radical (unpaired) electrons. The van der Waals surface area contributed by atoms with Crippen LogP contribution in [0, 0.1) is 0 Å². The first-order valence-electron chi connectivity index (χ1n) is 6.51. The second-order valence-electron chi connectivity index (χ2n) is 4.71. The summed E-state index contributed by atoms with van der Waals surface area (Å²) in [5.74, 6) is 5.32. The average Bonchev–Trinajstić information content (AvgIpc) is 2.47. The maximum absolute atomic E-state index is 12.3. The van der Waals surface area contributed by atoms with Crippen LogP contribution >= 0.6 is 0 Å². The summed E-state index contributed by atoms with van der Waals surface area (Å²) in [4.78, 5) is 3.89. The van der Waals surface area contributed by atoms with Crippen molar-refractivity contribution < 1.29 is 8.42 Å². The standard InChI is InChI=1S/C14H18N4O2S/c1-11(10-12-6-3-2-4-7-12)18-21(19,20)14-13(17-15)8-5-9-16-14/h2-9,11,17-18H,10,15H2,1H3. The quantitative estimate of drug-likeness (QED) is 0.552. The summed E-state index contributed by atoms with van der Waals surface area (Å²) in [5, 5.41) is -0.104. The van der Waals surface area contributed by atoms with Crippen LogP contribution in [0.15, 0.2) is 53.7 Å². The van der Waals surface area contributed by atoms with Gasteiger partial charge in [0.1, 0.15) is 0 Å². The molecular weight excluding hydrogens is 288 g/mol. The highest BCUT2D eigenvalue weighted by Crippen LogP contribution is 2.17. The lowest BCUT2D eigenvalue weighted by Crippen LogP contribution is -2.35. The van der Waals surface area contributed by atoms with E-state index in [-0.39, 0.29) is 16.8 Å². The number of nitrogens with zero attached hydrogens (tertiary/aromatic N) is 1. The number of pyridine rings is 1. The van der Waals surface area contributed by atoms with Gasteiger partial charge in [-0.25, -0.2) is 18.1 Å². The van der Waals surface area contributed by atoms with Crippen molar-refractivity contribution in [3.05, 3.63) is 54.2 Å². The average molecular weight is 306 g/mol. The van der Waals surface area contributed by atoms with Crippen LogP contribution in [0.1, 0.15) is 12.5 Å². The van der Waals surface area contributed by atoms with Crippen LogP contribution in [0.4, 0.5) is 5.69 Å². The van der Waals surface area contributed by atoms with Crippen LogP contribution in [0.25, 0.3) is 0 Å². The zero-order valence-corrected chi connectivity index (χ0v) is 12.5. The largest absolute Gasteiger partial charge is 0.321 e. The Hall–Kier alpha value is -1.96. The van der Waals surface area contributed by atoms with Gasteiger partial charge in [-0.3, -0.25) is 5.84 Å². The van der Waals surface area contributed by atoms with E-state index in [1.54, 1.807) is 12.1 Å². The molecular formula is C14H18N4O2S. The molecule has 0 bridgehead atoms. The molecule has 1 atom stereocenters. The highest BCUT2D eigenvalue weighted by atomic mass is 32.2. The third-order valence-corrected chi connectivity index (χ3v) is 4.47. The lowest BCUT2D eigenvalue weighted by atomic mass is 10.1. The fraction of sp³-hybridized carbons (Fsp3) is 0.214. The van der Waals surface area contributed by atoms with Crippen LogP contribution in [0.2, 0.25) is 0 Å². The zero-order chi connectivity index (χ0) is 15.3. The maximum atomic E-state index is 12.3. The minimum atomic E-state index is -3.73. The zero-order valence-electron chi connectivity index (χ0n) is 11.7. The van der Waals surface area contributed by atoms with Crippen molar-refractivity contribution >= 4 is 15.7 Å². The summed E-state index contributed by atoms with van der Waals surface area (Å²) in [6.45, 7) is 1.81. The molecule has 21 heavy (non-hydrogen) atoms. The summed E-state index contributed by atoms with van der Waals surface area (Å²) >= 11 is 0. The van der Waals surface area contributed by atoms with Crippen molar-refractivity contribution in [2.24, 2.45) is 5.84 Å². The number of benzene rings is 1. The van der Waals surface area contributed by atoms with Crippen molar-refractivity contribution in [2.75, 3.05) is 5.43 Å². The maximum Gasteiger partial charge on any atom is 0.260 e. The second-order valence-corrected chi connectivity index (χ2v) is 6.34. The Morgan fingerprint density at radius 3 is 2.57 bits per heavy atom. The van der Waals surface area contributed by atoms with E-state index in [1.165, 1.54) is 6.20 Å². The van der Waals surface area contributed by atoms with E-state index in [0.29, 0.717) is 6.42 Å². The van der Waals surface area contributed by atoms with Gasteiger partial charge >= 0.3 is 0 Å². The molecule has 0 aliphatic rings. The SMILES string of the molecule is CC(Cc1ccccc1)NS(=O)(=O)c1ncccc1NN. The van der Waals surface area contributed by atoms with Crippen LogP contribution in [-0.4, -0.2) is 19.4 Å². The molecule has 0 aliphatic carbocycles. The van der Waals surface area contributed by atoms with Crippen molar-refractivity contribution in [3.63, 3.8) is 0 Å². The summed E-state index contributed by atoms with van der Waals surface area (Å²) in [6.07, 6.45) is 2.01. The summed E-state index contributed by atoms with van der Waals surface area (Å²) in [5.41, 5.74) is 3.67. The Bertz CT molecular complexity index is 689. The predicted octanol–water partition coefficient (Wildman–Crippen LogP) is 1.28. The first-order valence-corrected chi connectivity index (χ1v) is 7.99. The number of sulfonamides is 1. The van der Waals surface area contributed by atoms with Crippen LogP contribution < -0.4 is 16.0 Å². The number of nitrogens with one attached hydrogen (secondary N) is 2. The predicted molar refractivity (Wildman–Crippen MR) is 82.0 cm³/mol. The number of hydrazine groups is 1. The monoisotopic (exact) mass is 306 g/mol. The minimum Gasteiger partial charge on any atom is -0.321 e. The van der Waals surface area contributed by atoms with E-state index in [4.69, 9.17) is 5.84 Å². The Morgan fingerprint density at radius 2 is 1.90 bits per heavy atom.